The van der Waals surface area contributed by atoms with E-state index in [-0.39, 0.29) is 6.61 Å². The molecule has 1 aliphatic rings. The van der Waals surface area contributed by atoms with Gasteiger partial charge >= 0.3 is 6.55 Å². The molecule has 24 heavy (non-hydrogen) atoms. The number of allylic oxidation sites excluding steroid dienone is 1. The summed E-state index contributed by atoms with van der Waals surface area (Å²) in [5.41, 5.74) is 2.41. The third kappa shape index (κ3) is 3.09. The van der Waals surface area contributed by atoms with E-state index in [4.69, 9.17) is 0 Å². The van der Waals surface area contributed by atoms with Crippen LogP contribution in [0.3, 0.4) is 0 Å². The van der Waals surface area contributed by atoms with Crippen LogP contribution in [0.15, 0.2) is 34.7 Å². The summed E-state index contributed by atoms with van der Waals surface area (Å²) in [6.07, 6.45) is 5.14. The summed E-state index contributed by atoms with van der Waals surface area (Å²) in [4.78, 5) is 10.8. The Morgan fingerprint density at radius 2 is 2.25 bits per heavy atom. The van der Waals surface area contributed by atoms with Crippen LogP contribution in [0.25, 0.3) is 5.57 Å². The predicted molar refractivity (Wildman–Crippen MR) is 88.0 cm³/mol. The zero-order chi connectivity index (χ0) is 17.1. The number of nitrogens with zero attached hydrogens (tertiary/aromatic N) is 5. The van der Waals surface area contributed by atoms with E-state index in [1.54, 1.807) is 6.20 Å². The number of aromatic nitrogens is 3. The van der Waals surface area contributed by atoms with Gasteiger partial charge in [-0.1, -0.05) is 6.92 Å². The van der Waals surface area contributed by atoms with Crippen molar-refractivity contribution < 1.29 is 13.9 Å². The number of rotatable bonds is 6. The van der Waals surface area contributed by atoms with Crippen molar-refractivity contribution in [1.82, 2.24) is 19.7 Å². The van der Waals surface area contributed by atoms with E-state index >= 15 is 0 Å². The molecule has 128 valence electrons. The first kappa shape index (κ1) is 16.7. The lowest BCUT2D eigenvalue weighted by Gasteiger charge is -2.32. The van der Waals surface area contributed by atoms with Crippen molar-refractivity contribution in [2.45, 2.75) is 19.9 Å². The van der Waals surface area contributed by atoms with Crippen molar-refractivity contribution >= 4 is 22.7 Å². The second kappa shape index (κ2) is 7.18. The van der Waals surface area contributed by atoms with E-state index in [0.29, 0.717) is 35.6 Å². The van der Waals surface area contributed by atoms with Crippen LogP contribution in [0.4, 0.5) is 8.78 Å². The fraction of sp³-hybridized carbons (Fsp3) is 0.400. The van der Waals surface area contributed by atoms with Crippen molar-refractivity contribution in [3.8, 4) is 0 Å². The van der Waals surface area contributed by atoms with Crippen molar-refractivity contribution in [1.29, 1.82) is 0 Å². The molecule has 3 rings (SSSR count). The van der Waals surface area contributed by atoms with Gasteiger partial charge in [0.25, 0.3) is 0 Å². The number of aliphatic hydroxyl groups is 1. The third-order valence-electron chi connectivity index (χ3n) is 3.75. The Bertz CT molecular complexity index is 754. The van der Waals surface area contributed by atoms with Gasteiger partial charge in [-0.3, -0.25) is 4.99 Å². The molecule has 6 nitrogen and oxygen atoms in total. The van der Waals surface area contributed by atoms with Gasteiger partial charge in [-0.15, -0.1) is 11.3 Å². The summed E-state index contributed by atoms with van der Waals surface area (Å²) in [7, 11) is 0. The Balaban J connectivity index is 2.00. The maximum Gasteiger partial charge on any atom is 0.333 e. The van der Waals surface area contributed by atoms with Crippen LogP contribution in [0.2, 0.25) is 0 Å². The molecule has 0 aliphatic carbocycles. The minimum atomic E-state index is -2.67. The molecule has 2 aromatic heterocycles. The Morgan fingerprint density at radius 3 is 2.83 bits per heavy atom. The molecule has 0 bridgehead atoms. The van der Waals surface area contributed by atoms with E-state index in [1.807, 2.05) is 17.2 Å². The lowest BCUT2D eigenvalue weighted by atomic mass is 10.0. The quantitative estimate of drug-likeness (QED) is 0.867. The van der Waals surface area contributed by atoms with Gasteiger partial charge in [0.1, 0.15) is 0 Å². The van der Waals surface area contributed by atoms with E-state index in [2.05, 4.69) is 15.1 Å². The zero-order valence-electron chi connectivity index (χ0n) is 13.1. The molecule has 1 aliphatic heterocycles. The fourth-order valence-electron chi connectivity index (χ4n) is 2.74. The number of hydrogen-bond acceptors (Lipinski definition) is 6. The smallest absolute Gasteiger partial charge is 0.333 e. The van der Waals surface area contributed by atoms with Crippen LogP contribution in [0.1, 0.15) is 30.5 Å². The molecule has 0 atom stereocenters. The first-order valence-corrected chi connectivity index (χ1v) is 8.41. The Labute approximate surface area is 141 Å². The average Bonchev–Trinajstić information content (AvgIpc) is 3.26. The monoisotopic (exact) mass is 353 g/mol. The fourth-order valence-corrected chi connectivity index (χ4v) is 3.39. The number of β-amino-alcohol motifs (C(OH)–C–C–N with tert-alkyl or cyclic N) is 1. The standard InChI is InChI=1S/C15H17F2N5OS/c1-2-12-11(10-7-20-22(9-10)15(16)17)8-19-13(21(12)4-5-23)14-18-3-6-24-14/h3,6-7,9,15,23H,2,4-5,8H2,1H3. The summed E-state index contributed by atoms with van der Waals surface area (Å²) in [5.74, 6) is 0.709. The molecular weight excluding hydrogens is 336 g/mol. The summed E-state index contributed by atoms with van der Waals surface area (Å²) in [5, 5.41) is 15.8. The summed E-state index contributed by atoms with van der Waals surface area (Å²) in [6, 6.07) is 0. The molecule has 0 fully saturated rings. The summed E-state index contributed by atoms with van der Waals surface area (Å²) < 4.78 is 26.2. The number of halogens is 2. The van der Waals surface area contributed by atoms with E-state index in [9.17, 15) is 13.9 Å². The molecule has 3 heterocycles. The maximum atomic E-state index is 12.8. The number of aliphatic hydroxyl groups excluding tert-OH is 1. The predicted octanol–water partition coefficient (Wildman–Crippen LogP) is 2.61. The van der Waals surface area contributed by atoms with Gasteiger partial charge in [-0.2, -0.15) is 13.9 Å². The maximum absolute atomic E-state index is 12.8. The largest absolute Gasteiger partial charge is 0.395 e. The van der Waals surface area contributed by atoms with Crippen LogP contribution < -0.4 is 0 Å². The van der Waals surface area contributed by atoms with Crippen LogP contribution in [-0.4, -0.2) is 50.3 Å². The first-order chi connectivity index (χ1) is 11.7. The Kier molecular flexibility index (Phi) is 5.00. The van der Waals surface area contributed by atoms with Gasteiger partial charge in [-0.25, -0.2) is 9.67 Å². The molecular formula is C15H17F2N5OS. The molecule has 0 radical (unpaired) electrons. The lowest BCUT2D eigenvalue weighted by molar-refractivity contribution is 0.0566. The molecule has 0 aromatic carbocycles. The molecule has 0 spiro atoms. The van der Waals surface area contributed by atoms with Gasteiger partial charge in [0, 0.05) is 41.2 Å². The van der Waals surface area contributed by atoms with E-state index in [0.717, 1.165) is 16.3 Å². The lowest BCUT2D eigenvalue weighted by Crippen LogP contribution is -2.37. The Morgan fingerprint density at radius 1 is 1.42 bits per heavy atom. The first-order valence-electron chi connectivity index (χ1n) is 7.53. The topological polar surface area (TPSA) is 66.5 Å². The molecule has 9 heteroatoms. The van der Waals surface area contributed by atoms with Crippen molar-refractivity contribution in [3.05, 3.63) is 40.2 Å². The van der Waals surface area contributed by atoms with Crippen LogP contribution in [-0.2, 0) is 0 Å². The SMILES string of the molecule is CCC1=C(c2cnn(C(F)F)c2)CN=C(c2nccs2)N1CCO. The second-order valence-corrected chi connectivity index (χ2v) is 6.01. The van der Waals surface area contributed by atoms with Crippen molar-refractivity contribution in [3.63, 3.8) is 0 Å². The highest BCUT2D eigenvalue weighted by molar-refractivity contribution is 7.11. The van der Waals surface area contributed by atoms with Crippen molar-refractivity contribution in [2.24, 2.45) is 4.99 Å². The van der Waals surface area contributed by atoms with Crippen LogP contribution >= 0.6 is 11.3 Å². The third-order valence-corrected chi connectivity index (χ3v) is 4.52. The molecule has 0 amide bonds. The molecule has 0 saturated carbocycles. The summed E-state index contributed by atoms with van der Waals surface area (Å²) >= 11 is 1.47. The van der Waals surface area contributed by atoms with E-state index < -0.39 is 6.55 Å². The molecule has 0 unspecified atom stereocenters. The highest BCUT2D eigenvalue weighted by Crippen LogP contribution is 2.30. The minimum Gasteiger partial charge on any atom is -0.395 e. The van der Waals surface area contributed by atoms with Gasteiger partial charge in [0.05, 0.1) is 19.3 Å². The van der Waals surface area contributed by atoms with Crippen LogP contribution in [0, 0.1) is 0 Å². The number of thiazole rings is 1. The average molecular weight is 353 g/mol. The van der Waals surface area contributed by atoms with Gasteiger partial charge in [-0.05, 0) is 6.42 Å². The molecule has 2 aromatic rings. The highest BCUT2D eigenvalue weighted by atomic mass is 32.1. The van der Waals surface area contributed by atoms with E-state index in [1.165, 1.54) is 23.7 Å². The van der Waals surface area contributed by atoms with Gasteiger partial charge in [0.2, 0.25) is 0 Å². The Hall–Kier alpha value is -2.13. The second-order valence-electron chi connectivity index (χ2n) is 5.12. The zero-order valence-corrected chi connectivity index (χ0v) is 13.9. The number of alkyl halides is 2. The molecule has 0 saturated heterocycles. The van der Waals surface area contributed by atoms with Gasteiger partial charge < -0.3 is 10.0 Å². The van der Waals surface area contributed by atoms with Crippen molar-refractivity contribution in [2.75, 3.05) is 19.7 Å². The number of hydrogen-bond donors (Lipinski definition) is 1. The minimum absolute atomic E-state index is 0.0442. The highest BCUT2D eigenvalue weighted by Gasteiger charge is 2.26. The normalized spacial score (nSPS) is 15.4. The number of amidine groups is 1. The number of aliphatic imine (C=N–C) groups is 1. The van der Waals surface area contributed by atoms with Gasteiger partial charge in [0.15, 0.2) is 10.8 Å². The van der Waals surface area contributed by atoms with Crippen LogP contribution in [0.5, 0.6) is 0 Å². The summed E-state index contributed by atoms with van der Waals surface area (Å²) in [6.45, 7) is 0.0126. The molecule has 1 N–H and O–H groups in total.